The molecule has 2 amide bonds. The normalized spacial score (nSPS) is 17.3. The molecule has 2 heterocycles. The number of hydrogen-bond donors (Lipinski definition) is 1. The highest BCUT2D eigenvalue weighted by Crippen LogP contribution is 2.22. The molecule has 114 valence electrons. The molecule has 0 radical (unpaired) electrons. The van der Waals surface area contributed by atoms with Gasteiger partial charge in [-0.15, -0.1) is 0 Å². The van der Waals surface area contributed by atoms with Crippen LogP contribution in [0.1, 0.15) is 6.42 Å². The molecule has 0 bridgehead atoms. The number of para-hydroxylation sites is 1. The van der Waals surface area contributed by atoms with Gasteiger partial charge in [-0.05, 0) is 24.3 Å². The molecule has 1 aliphatic rings. The maximum atomic E-state index is 12.3. The average Bonchev–Trinajstić information content (AvgIpc) is 2.99. The van der Waals surface area contributed by atoms with Crippen LogP contribution in [0, 0.1) is 0 Å². The van der Waals surface area contributed by atoms with E-state index in [-0.39, 0.29) is 12.1 Å². The van der Waals surface area contributed by atoms with Gasteiger partial charge in [-0.2, -0.15) is 0 Å². The Morgan fingerprint density at radius 1 is 1.27 bits per heavy atom. The molecule has 6 heteroatoms. The number of ether oxygens (including phenoxy) is 1. The fourth-order valence-electron chi connectivity index (χ4n) is 2.37. The number of rotatable bonds is 3. The minimum atomic E-state index is -0.158. The first-order valence-corrected chi connectivity index (χ1v) is 7.47. The predicted octanol–water partition coefficient (Wildman–Crippen LogP) is 3.42. The Kier molecular flexibility index (Phi) is 4.44. The van der Waals surface area contributed by atoms with E-state index < -0.39 is 0 Å². The highest BCUT2D eigenvalue weighted by molar-refractivity contribution is 6.33. The molecule has 2 aromatic rings. The fourth-order valence-corrected chi connectivity index (χ4v) is 2.56. The van der Waals surface area contributed by atoms with Crippen molar-refractivity contribution in [1.29, 1.82) is 0 Å². The lowest BCUT2D eigenvalue weighted by molar-refractivity contribution is 0.194. The van der Waals surface area contributed by atoms with Crippen molar-refractivity contribution in [3.05, 3.63) is 53.8 Å². The van der Waals surface area contributed by atoms with Crippen LogP contribution in [0.4, 0.5) is 10.5 Å². The standard InChI is InChI=1S/C16H16ClN3O2/c17-14-3-1-2-4-15(14)19-16(21)20-10-7-13(11-20)22-12-5-8-18-9-6-12/h1-6,8-9,13H,7,10-11H2,(H,19,21). The first-order chi connectivity index (χ1) is 10.7. The Balaban J connectivity index is 1.56. The van der Waals surface area contributed by atoms with Gasteiger partial charge in [0.25, 0.3) is 0 Å². The first-order valence-electron chi connectivity index (χ1n) is 7.09. The minimum absolute atomic E-state index is 0.000560. The van der Waals surface area contributed by atoms with Crippen molar-refractivity contribution in [2.45, 2.75) is 12.5 Å². The topological polar surface area (TPSA) is 54.5 Å². The smallest absolute Gasteiger partial charge is 0.322 e. The summed E-state index contributed by atoms with van der Waals surface area (Å²) >= 11 is 6.05. The SMILES string of the molecule is O=C(Nc1ccccc1Cl)N1CCC(Oc2ccncc2)C1. The Morgan fingerprint density at radius 2 is 2.05 bits per heavy atom. The van der Waals surface area contributed by atoms with Crippen LogP contribution in [-0.2, 0) is 0 Å². The van der Waals surface area contributed by atoms with Crippen LogP contribution in [-0.4, -0.2) is 35.1 Å². The van der Waals surface area contributed by atoms with Gasteiger partial charge in [0.1, 0.15) is 11.9 Å². The maximum absolute atomic E-state index is 12.3. The van der Waals surface area contributed by atoms with E-state index in [4.69, 9.17) is 16.3 Å². The summed E-state index contributed by atoms with van der Waals surface area (Å²) in [6.07, 6.45) is 4.18. The van der Waals surface area contributed by atoms with E-state index in [9.17, 15) is 4.79 Å². The van der Waals surface area contributed by atoms with Gasteiger partial charge in [-0.25, -0.2) is 4.79 Å². The molecule has 1 aromatic heterocycles. The number of likely N-dealkylation sites (tertiary alicyclic amines) is 1. The van der Waals surface area contributed by atoms with Crippen molar-refractivity contribution >= 4 is 23.3 Å². The average molecular weight is 318 g/mol. The van der Waals surface area contributed by atoms with Gasteiger partial charge in [-0.1, -0.05) is 23.7 Å². The summed E-state index contributed by atoms with van der Waals surface area (Å²) in [6.45, 7) is 1.21. The Bertz CT molecular complexity index is 651. The van der Waals surface area contributed by atoms with Gasteiger partial charge in [0.2, 0.25) is 0 Å². The molecule has 1 N–H and O–H groups in total. The van der Waals surface area contributed by atoms with E-state index in [1.54, 1.807) is 29.4 Å². The number of hydrogen-bond acceptors (Lipinski definition) is 3. The third-order valence-corrected chi connectivity index (χ3v) is 3.83. The Hall–Kier alpha value is -2.27. The number of benzene rings is 1. The quantitative estimate of drug-likeness (QED) is 0.943. The lowest BCUT2D eigenvalue weighted by atomic mass is 10.3. The van der Waals surface area contributed by atoms with Crippen molar-refractivity contribution in [2.75, 3.05) is 18.4 Å². The van der Waals surface area contributed by atoms with Crippen LogP contribution in [0.15, 0.2) is 48.8 Å². The largest absolute Gasteiger partial charge is 0.488 e. The van der Waals surface area contributed by atoms with Gasteiger partial charge in [0, 0.05) is 25.4 Å². The predicted molar refractivity (Wildman–Crippen MR) is 85.3 cm³/mol. The Morgan fingerprint density at radius 3 is 2.82 bits per heavy atom. The van der Waals surface area contributed by atoms with Gasteiger partial charge >= 0.3 is 6.03 Å². The second-order valence-corrected chi connectivity index (χ2v) is 5.47. The van der Waals surface area contributed by atoms with E-state index in [1.165, 1.54) is 0 Å². The zero-order chi connectivity index (χ0) is 15.4. The van der Waals surface area contributed by atoms with Crippen molar-refractivity contribution in [1.82, 2.24) is 9.88 Å². The molecular formula is C16H16ClN3O2. The molecule has 0 saturated carbocycles. The number of aromatic nitrogens is 1. The number of nitrogens with one attached hydrogen (secondary N) is 1. The number of amides is 2. The highest BCUT2D eigenvalue weighted by Gasteiger charge is 2.27. The second kappa shape index (κ2) is 6.66. The van der Waals surface area contributed by atoms with Crippen molar-refractivity contribution in [3.8, 4) is 5.75 Å². The van der Waals surface area contributed by atoms with E-state index in [1.807, 2.05) is 24.3 Å². The fraction of sp³-hybridized carbons (Fsp3) is 0.250. The van der Waals surface area contributed by atoms with Gasteiger partial charge < -0.3 is 15.0 Å². The van der Waals surface area contributed by atoms with Gasteiger partial charge in [-0.3, -0.25) is 4.98 Å². The van der Waals surface area contributed by atoms with Crippen LogP contribution in [0.2, 0.25) is 5.02 Å². The molecular weight excluding hydrogens is 302 g/mol. The maximum Gasteiger partial charge on any atom is 0.322 e. The molecule has 22 heavy (non-hydrogen) atoms. The highest BCUT2D eigenvalue weighted by atomic mass is 35.5. The third-order valence-electron chi connectivity index (χ3n) is 3.50. The molecule has 5 nitrogen and oxygen atoms in total. The van der Waals surface area contributed by atoms with Crippen LogP contribution in [0.3, 0.4) is 0 Å². The molecule has 0 aliphatic carbocycles. The lowest BCUT2D eigenvalue weighted by Crippen LogP contribution is -2.34. The molecule has 3 rings (SSSR count). The number of nitrogens with zero attached hydrogens (tertiary/aromatic N) is 2. The van der Waals surface area contributed by atoms with E-state index in [2.05, 4.69) is 10.3 Å². The number of carbonyl (C=O) groups is 1. The van der Waals surface area contributed by atoms with Crippen LogP contribution >= 0.6 is 11.6 Å². The second-order valence-electron chi connectivity index (χ2n) is 5.07. The van der Waals surface area contributed by atoms with Crippen LogP contribution in [0.5, 0.6) is 5.75 Å². The number of carbonyl (C=O) groups excluding carboxylic acids is 1. The summed E-state index contributed by atoms with van der Waals surface area (Å²) in [4.78, 5) is 17.9. The molecule has 1 aliphatic heterocycles. The zero-order valence-electron chi connectivity index (χ0n) is 11.9. The molecule has 0 spiro atoms. The molecule has 1 saturated heterocycles. The molecule has 1 atom stereocenters. The summed E-state index contributed by atoms with van der Waals surface area (Å²) in [6, 6.07) is 10.7. The molecule has 1 fully saturated rings. The number of urea groups is 1. The summed E-state index contributed by atoms with van der Waals surface area (Å²) in [5.41, 5.74) is 0.618. The van der Waals surface area contributed by atoms with Crippen LogP contribution < -0.4 is 10.1 Å². The van der Waals surface area contributed by atoms with Crippen molar-refractivity contribution < 1.29 is 9.53 Å². The Labute approximate surface area is 133 Å². The monoisotopic (exact) mass is 317 g/mol. The third kappa shape index (κ3) is 3.49. The molecule has 1 unspecified atom stereocenters. The minimum Gasteiger partial charge on any atom is -0.488 e. The molecule has 1 aromatic carbocycles. The number of pyridine rings is 1. The first kappa shape index (κ1) is 14.7. The lowest BCUT2D eigenvalue weighted by Gasteiger charge is -2.18. The van der Waals surface area contributed by atoms with Crippen molar-refractivity contribution in [2.24, 2.45) is 0 Å². The summed E-state index contributed by atoms with van der Waals surface area (Å²) in [5.74, 6) is 0.772. The van der Waals surface area contributed by atoms with Gasteiger partial charge in [0.15, 0.2) is 0 Å². The van der Waals surface area contributed by atoms with E-state index in [0.29, 0.717) is 23.8 Å². The van der Waals surface area contributed by atoms with Crippen molar-refractivity contribution in [3.63, 3.8) is 0 Å². The van der Waals surface area contributed by atoms with Gasteiger partial charge in [0.05, 0.1) is 17.3 Å². The number of anilines is 1. The van der Waals surface area contributed by atoms with E-state index in [0.717, 1.165) is 12.2 Å². The zero-order valence-corrected chi connectivity index (χ0v) is 12.7. The van der Waals surface area contributed by atoms with E-state index >= 15 is 0 Å². The van der Waals surface area contributed by atoms with Crippen LogP contribution in [0.25, 0.3) is 0 Å². The summed E-state index contributed by atoms with van der Waals surface area (Å²) < 4.78 is 5.84. The summed E-state index contributed by atoms with van der Waals surface area (Å²) in [5, 5.41) is 3.35. The summed E-state index contributed by atoms with van der Waals surface area (Å²) in [7, 11) is 0. The number of halogens is 1.